The van der Waals surface area contributed by atoms with Crippen molar-refractivity contribution in [3.05, 3.63) is 34.9 Å². The normalized spacial score (nSPS) is 13.2. The van der Waals surface area contributed by atoms with Crippen LogP contribution in [0.25, 0.3) is 0 Å². The monoisotopic (exact) mass is 244 g/mol. The number of nitrogens with zero attached hydrogens (tertiary/aromatic N) is 2. The van der Waals surface area contributed by atoms with Crippen LogP contribution in [0.4, 0.5) is 0 Å². The molecule has 0 spiro atoms. The van der Waals surface area contributed by atoms with Crippen LogP contribution in [0.1, 0.15) is 43.9 Å². The van der Waals surface area contributed by atoms with Crippen molar-refractivity contribution in [1.82, 2.24) is 0 Å². The van der Waals surface area contributed by atoms with Gasteiger partial charge in [-0.1, -0.05) is 13.0 Å². The Hall–Kier alpha value is -1.66. The molecule has 0 aromatic heterocycles. The minimum Gasteiger partial charge on any atom is -0.357 e. The van der Waals surface area contributed by atoms with E-state index in [4.69, 9.17) is 10.00 Å². The lowest BCUT2D eigenvalue weighted by Crippen LogP contribution is -2.11. The fourth-order valence-electron chi connectivity index (χ4n) is 1.91. The largest absolute Gasteiger partial charge is 0.357 e. The highest BCUT2D eigenvalue weighted by atomic mass is 16.5. The molecule has 3 nitrogen and oxygen atoms in total. The van der Waals surface area contributed by atoms with Crippen molar-refractivity contribution < 1.29 is 4.74 Å². The van der Waals surface area contributed by atoms with Crippen LogP contribution >= 0.6 is 0 Å². The molecule has 96 valence electrons. The molecule has 18 heavy (non-hydrogen) atoms. The first-order valence-corrected chi connectivity index (χ1v) is 6.31. The molecule has 1 rings (SSSR count). The number of ether oxygens (including phenoxy) is 1. The van der Waals surface area contributed by atoms with Crippen molar-refractivity contribution >= 4 is 5.71 Å². The highest BCUT2D eigenvalue weighted by Crippen LogP contribution is 2.14. The zero-order chi connectivity index (χ0) is 13.5. The van der Waals surface area contributed by atoms with Gasteiger partial charge in [-0.2, -0.15) is 5.26 Å². The summed E-state index contributed by atoms with van der Waals surface area (Å²) in [5, 5.41) is 8.86. The standard InChI is InChI=1S/C15H20N2O/c1-5-15(17-12(4)18-6-2)14-8-7-13(10-16)9-11(14)3/h7-9,12H,5-6H2,1-4H3/b17-15+. The fourth-order valence-corrected chi connectivity index (χ4v) is 1.91. The molecule has 0 aliphatic heterocycles. The smallest absolute Gasteiger partial charge is 0.145 e. The highest BCUT2D eigenvalue weighted by Gasteiger charge is 2.08. The molecule has 0 heterocycles. The number of rotatable bonds is 5. The topological polar surface area (TPSA) is 45.4 Å². The highest BCUT2D eigenvalue weighted by molar-refractivity contribution is 6.01. The maximum absolute atomic E-state index is 8.86. The number of aliphatic imine (C=N–C) groups is 1. The van der Waals surface area contributed by atoms with Crippen molar-refractivity contribution in [1.29, 1.82) is 5.26 Å². The van der Waals surface area contributed by atoms with Crippen LogP contribution in [0.2, 0.25) is 0 Å². The Morgan fingerprint density at radius 3 is 2.67 bits per heavy atom. The second-order valence-corrected chi connectivity index (χ2v) is 4.13. The molecular formula is C15H20N2O. The van der Waals surface area contributed by atoms with Crippen LogP contribution in [0.5, 0.6) is 0 Å². The summed E-state index contributed by atoms with van der Waals surface area (Å²) >= 11 is 0. The molecule has 0 saturated carbocycles. The van der Waals surface area contributed by atoms with Crippen LogP contribution in [0.15, 0.2) is 23.2 Å². The van der Waals surface area contributed by atoms with E-state index in [0.29, 0.717) is 12.2 Å². The Kier molecular flexibility index (Phi) is 5.54. The molecule has 1 unspecified atom stereocenters. The van der Waals surface area contributed by atoms with Crippen molar-refractivity contribution in [2.45, 2.75) is 40.3 Å². The van der Waals surface area contributed by atoms with Gasteiger partial charge in [-0.15, -0.1) is 0 Å². The Labute approximate surface area is 109 Å². The summed E-state index contributed by atoms with van der Waals surface area (Å²) in [6, 6.07) is 7.84. The van der Waals surface area contributed by atoms with Gasteiger partial charge < -0.3 is 4.74 Å². The summed E-state index contributed by atoms with van der Waals surface area (Å²) in [5.41, 5.74) is 3.89. The Morgan fingerprint density at radius 1 is 1.44 bits per heavy atom. The summed E-state index contributed by atoms with van der Waals surface area (Å²) < 4.78 is 5.44. The van der Waals surface area contributed by atoms with Crippen LogP contribution < -0.4 is 0 Å². The number of benzene rings is 1. The average Bonchev–Trinajstić information content (AvgIpc) is 2.36. The van der Waals surface area contributed by atoms with Crippen LogP contribution in [-0.4, -0.2) is 18.5 Å². The predicted octanol–water partition coefficient (Wildman–Crippen LogP) is 3.45. The summed E-state index contributed by atoms with van der Waals surface area (Å²) in [6.07, 6.45) is 0.726. The lowest BCUT2D eigenvalue weighted by molar-refractivity contribution is 0.0831. The fraction of sp³-hybridized carbons (Fsp3) is 0.467. The lowest BCUT2D eigenvalue weighted by Gasteiger charge is -2.12. The van der Waals surface area contributed by atoms with Gasteiger partial charge in [-0.05, 0) is 50.5 Å². The van der Waals surface area contributed by atoms with E-state index in [-0.39, 0.29) is 6.23 Å². The van der Waals surface area contributed by atoms with Crippen molar-refractivity contribution in [2.24, 2.45) is 4.99 Å². The van der Waals surface area contributed by atoms with Gasteiger partial charge in [0, 0.05) is 12.3 Å². The SMILES string of the molecule is CCOC(C)/N=C(\CC)c1ccc(C#N)cc1C. The molecule has 0 radical (unpaired) electrons. The lowest BCUT2D eigenvalue weighted by atomic mass is 10.00. The third kappa shape index (κ3) is 3.68. The first-order chi connectivity index (χ1) is 8.62. The van der Waals surface area contributed by atoms with E-state index in [1.165, 1.54) is 0 Å². The molecule has 3 heteroatoms. The van der Waals surface area contributed by atoms with Gasteiger partial charge in [-0.3, -0.25) is 4.99 Å². The summed E-state index contributed by atoms with van der Waals surface area (Å²) in [5.74, 6) is 0. The maximum Gasteiger partial charge on any atom is 0.145 e. The van der Waals surface area contributed by atoms with Gasteiger partial charge >= 0.3 is 0 Å². The summed E-state index contributed by atoms with van der Waals surface area (Å²) in [4.78, 5) is 4.58. The molecule has 1 atom stereocenters. The maximum atomic E-state index is 8.86. The molecule has 1 aromatic carbocycles. The third-order valence-electron chi connectivity index (χ3n) is 2.75. The predicted molar refractivity (Wildman–Crippen MR) is 73.8 cm³/mol. The van der Waals surface area contributed by atoms with Crippen LogP contribution in [0, 0.1) is 18.3 Å². The van der Waals surface area contributed by atoms with Gasteiger partial charge in [-0.25, -0.2) is 0 Å². The first kappa shape index (κ1) is 14.4. The molecular weight excluding hydrogens is 224 g/mol. The average molecular weight is 244 g/mol. The quantitative estimate of drug-likeness (QED) is 0.745. The molecule has 0 amide bonds. The number of hydrogen-bond donors (Lipinski definition) is 0. The zero-order valence-corrected chi connectivity index (χ0v) is 11.5. The number of hydrogen-bond acceptors (Lipinski definition) is 3. The van der Waals surface area contributed by atoms with Crippen molar-refractivity contribution in [2.75, 3.05) is 6.61 Å². The Morgan fingerprint density at radius 2 is 2.17 bits per heavy atom. The molecule has 1 aromatic rings. The van der Waals surface area contributed by atoms with Gasteiger partial charge in [0.15, 0.2) is 0 Å². The van der Waals surface area contributed by atoms with E-state index in [0.717, 1.165) is 23.3 Å². The molecule has 0 N–H and O–H groups in total. The number of nitriles is 1. The second-order valence-electron chi connectivity index (χ2n) is 4.13. The van der Waals surface area contributed by atoms with Gasteiger partial charge in [0.2, 0.25) is 0 Å². The minimum atomic E-state index is -0.125. The van der Waals surface area contributed by atoms with Crippen LogP contribution in [0.3, 0.4) is 0 Å². The van der Waals surface area contributed by atoms with E-state index in [9.17, 15) is 0 Å². The molecule has 0 aliphatic carbocycles. The van der Waals surface area contributed by atoms with E-state index in [1.54, 1.807) is 0 Å². The van der Waals surface area contributed by atoms with Crippen LogP contribution in [-0.2, 0) is 4.74 Å². The molecule has 0 bridgehead atoms. The van der Waals surface area contributed by atoms with Gasteiger partial charge in [0.05, 0.1) is 11.6 Å². The van der Waals surface area contributed by atoms with E-state index in [1.807, 2.05) is 39.0 Å². The van der Waals surface area contributed by atoms with Crippen molar-refractivity contribution in [3.63, 3.8) is 0 Å². The summed E-state index contributed by atoms with van der Waals surface area (Å²) in [7, 11) is 0. The second kappa shape index (κ2) is 6.93. The van der Waals surface area contributed by atoms with E-state index < -0.39 is 0 Å². The Bertz CT molecular complexity index is 472. The van der Waals surface area contributed by atoms with E-state index >= 15 is 0 Å². The third-order valence-corrected chi connectivity index (χ3v) is 2.75. The van der Waals surface area contributed by atoms with Gasteiger partial charge in [0.25, 0.3) is 0 Å². The van der Waals surface area contributed by atoms with E-state index in [2.05, 4.69) is 18.0 Å². The molecule has 0 saturated heterocycles. The number of aryl methyl sites for hydroxylation is 1. The molecule has 0 fully saturated rings. The molecule has 0 aliphatic rings. The summed E-state index contributed by atoms with van der Waals surface area (Å²) in [6.45, 7) is 8.65. The first-order valence-electron chi connectivity index (χ1n) is 6.31. The minimum absolute atomic E-state index is 0.125. The van der Waals surface area contributed by atoms with Gasteiger partial charge in [0.1, 0.15) is 6.23 Å². The van der Waals surface area contributed by atoms with Crippen molar-refractivity contribution in [3.8, 4) is 6.07 Å². The zero-order valence-electron chi connectivity index (χ0n) is 11.5. The Balaban J connectivity index is 3.06.